The van der Waals surface area contributed by atoms with Crippen LogP contribution in [0, 0.1) is 0 Å². The monoisotopic (exact) mass is 298 g/mol. The zero-order chi connectivity index (χ0) is 15.8. The lowest BCUT2D eigenvalue weighted by atomic mass is 10.1. The molecule has 0 radical (unpaired) electrons. The van der Waals surface area contributed by atoms with Crippen molar-refractivity contribution in [3.8, 4) is 0 Å². The van der Waals surface area contributed by atoms with Crippen LogP contribution in [0.5, 0.6) is 0 Å². The maximum atomic E-state index is 11.9. The minimum atomic E-state index is -0.210. The predicted octanol–water partition coefficient (Wildman–Crippen LogP) is 1.21. The number of hydrogen-bond donors (Lipinski definition) is 3. The summed E-state index contributed by atoms with van der Waals surface area (Å²) in [5.74, 6) is -0.361. The molecule has 0 aliphatic rings. The molecule has 0 spiro atoms. The summed E-state index contributed by atoms with van der Waals surface area (Å²) < 4.78 is 0. The third-order valence-electron chi connectivity index (χ3n) is 3.07. The SMILES string of the molecule is Nc1ccccc1C(=O)NCCCNC(=O)c1ccncc1. The van der Waals surface area contributed by atoms with Crippen LogP contribution in [0.3, 0.4) is 0 Å². The van der Waals surface area contributed by atoms with Crippen LogP contribution in [0.25, 0.3) is 0 Å². The number of rotatable bonds is 6. The molecule has 1 aromatic carbocycles. The topological polar surface area (TPSA) is 97.1 Å². The lowest BCUT2D eigenvalue weighted by molar-refractivity contribution is 0.0952. The number of anilines is 1. The first-order valence-corrected chi connectivity index (χ1v) is 6.99. The Morgan fingerprint density at radius 2 is 1.59 bits per heavy atom. The van der Waals surface area contributed by atoms with Crippen LogP contribution in [0.4, 0.5) is 5.69 Å². The number of pyridine rings is 1. The molecule has 2 amide bonds. The summed E-state index contributed by atoms with van der Waals surface area (Å²) in [5, 5.41) is 5.55. The van der Waals surface area contributed by atoms with Crippen molar-refractivity contribution in [2.45, 2.75) is 6.42 Å². The molecule has 114 valence electrons. The summed E-state index contributed by atoms with van der Waals surface area (Å²) in [6, 6.07) is 10.2. The van der Waals surface area contributed by atoms with E-state index in [9.17, 15) is 9.59 Å². The number of aromatic nitrogens is 1. The Hall–Kier alpha value is -2.89. The van der Waals surface area contributed by atoms with Gasteiger partial charge in [-0.3, -0.25) is 14.6 Å². The number of carbonyl (C=O) groups is 2. The molecule has 22 heavy (non-hydrogen) atoms. The van der Waals surface area contributed by atoms with E-state index in [0.29, 0.717) is 36.3 Å². The number of hydrogen-bond acceptors (Lipinski definition) is 4. The van der Waals surface area contributed by atoms with Gasteiger partial charge in [-0.05, 0) is 30.7 Å². The first-order chi connectivity index (χ1) is 10.7. The third kappa shape index (κ3) is 4.31. The number of amides is 2. The quantitative estimate of drug-likeness (QED) is 0.551. The lowest BCUT2D eigenvalue weighted by Gasteiger charge is -2.08. The second-order valence-corrected chi connectivity index (χ2v) is 4.69. The van der Waals surface area contributed by atoms with Crippen molar-refractivity contribution in [1.82, 2.24) is 15.6 Å². The van der Waals surface area contributed by atoms with E-state index in [1.165, 1.54) is 0 Å². The molecule has 2 aromatic rings. The molecule has 0 saturated carbocycles. The molecule has 0 bridgehead atoms. The van der Waals surface area contributed by atoms with Gasteiger partial charge in [0.05, 0.1) is 5.56 Å². The lowest BCUT2D eigenvalue weighted by Crippen LogP contribution is -2.30. The van der Waals surface area contributed by atoms with E-state index in [-0.39, 0.29) is 11.8 Å². The van der Waals surface area contributed by atoms with Gasteiger partial charge in [0.15, 0.2) is 0 Å². The molecular formula is C16H18N4O2. The molecule has 6 heteroatoms. The Balaban J connectivity index is 1.69. The van der Waals surface area contributed by atoms with Crippen molar-refractivity contribution in [3.05, 3.63) is 59.9 Å². The first-order valence-electron chi connectivity index (χ1n) is 6.99. The van der Waals surface area contributed by atoms with Gasteiger partial charge >= 0.3 is 0 Å². The highest BCUT2D eigenvalue weighted by Gasteiger charge is 2.08. The number of nitrogens with two attached hydrogens (primary N) is 1. The van der Waals surface area contributed by atoms with Crippen LogP contribution >= 0.6 is 0 Å². The normalized spacial score (nSPS) is 10.0. The minimum absolute atomic E-state index is 0.152. The molecule has 1 aromatic heterocycles. The molecule has 2 rings (SSSR count). The average molecular weight is 298 g/mol. The number of nitrogens with zero attached hydrogens (tertiary/aromatic N) is 1. The fourth-order valence-corrected chi connectivity index (χ4v) is 1.90. The van der Waals surface area contributed by atoms with E-state index in [2.05, 4.69) is 15.6 Å². The van der Waals surface area contributed by atoms with Crippen LogP contribution in [-0.4, -0.2) is 29.9 Å². The molecule has 0 unspecified atom stereocenters. The predicted molar refractivity (Wildman–Crippen MR) is 84.4 cm³/mol. The van der Waals surface area contributed by atoms with Gasteiger partial charge in [0.1, 0.15) is 0 Å². The maximum absolute atomic E-state index is 11.9. The van der Waals surface area contributed by atoms with Gasteiger partial charge < -0.3 is 16.4 Å². The van der Waals surface area contributed by atoms with Crippen molar-refractivity contribution < 1.29 is 9.59 Å². The Bertz CT molecular complexity index is 644. The molecule has 0 aliphatic carbocycles. The van der Waals surface area contributed by atoms with Crippen molar-refractivity contribution in [3.63, 3.8) is 0 Å². The van der Waals surface area contributed by atoms with E-state index in [1.54, 1.807) is 48.8 Å². The second-order valence-electron chi connectivity index (χ2n) is 4.69. The molecule has 0 fully saturated rings. The van der Waals surface area contributed by atoms with Gasteiger partial charge in [-0.1, -0.05) is 12.1 Å². The Morgan fingerprint density at radius 1 is 0.955 bits per heavy atom. The molecular weight excluding hydrogens is 280 g/mol. The number of nitrogens with one attached hydrogen (secondary N) is 2. The maximum Gasteiger partial charge on any atom is 0.253 e. The van der Waals surface area contributed by atoms with E-state index in [4.69, 9.17) is 5.73 Å². The molecule has 6 nitrogen and oxygen atoms in total. The van der Waals surface area contributed by atoms with E-state index >= 15 is 0 Å². The second kappa shape index (κ2) is 7.78. The van der Waals surface area contributed by atoms with Crippen molar-refractivity contribution in [2.75, 3.05) is 18.8 Å². The van der Waals surface area contributed by atoms with E-state index in [1.807, 2.05) is 0 Å². The van der Waals surface area contributed by atoms with Crippen LogP contribution in [0.1, 0.15) is 27.1 Å². The Morgan fingerprint density at radius 3 is 2.27 bits per heavy atom. The van der Waals surface area contributed by atoms with Gasteiger partial charge in [-0.15, -0.1) is 0 Å². The summed E-state index contributed by atoms with van der Waals surface area (Å²) in [6.07, 6.45) is 3.77. The third-order valence-corrected chi connectivity index (χ3v) is 3.07. The van der Waals surface area contributed by atoms with Crippen LogP contribution in [-0.2, 0) is 0 Å². The van der Waals surface area contributed by atoms with Gasteiger partial charge in [-0.25, -0.2) is 0 Å². The summed E-state index contributed by atoms with van der Waals surface area (Å²) >= 11 is 0. The number of carbonyl (C=O) groups excluding carboxylic acids is 2. The van der Waals surface area contributed by atoms with E-state index < -0.39 is 0 Å². The highest BCUT2D eigenvalue weighted by Crippen LogP contribution is 2.09. The molecule has 0 saturated heterocycles. The minimum Gasteiger partial charge on any atom is -0.398 e. The molecule has 0 aliphatic heterocycles. The fourth-order valence-electron chi connectivity index (χ4n) is 1.90. The summed E-state index contributed by atoms with van der Waals surface area (Å²) in [5.41, 5.74) is 7.21. The van der Waals surface area contributed by atoms with Crippen LogP contribution < -0.4 is 16.4 Å². The van der Waals surface area contributed by atoms with Gasteiger partial charge in [0.2, 0.25) is 0 Å². The number of nitrogen functional groups attached to an aromatic ring is 1. The average Bonchev–Trinajstić information content (AvgIpc) is 2.55. The zero-order valence-electron chi connectivity index (χ0n) is 12.1. The first kappa shape index (κ1) is 15.5. The van der Waals surface area contributed by atoms with Gasteiger partial charge in [0.25, 0.3) is 11.8 Å². The van der Waals surface area contributed by atoms with E-state index in [0.717, 1.165) is 0 Å². The molecule has 0 atom stereocenters. The highest BCUT2D eigenvalue weighted by molar-refractivity contribution is 5.99. The summed E-state index contributed by atoms with van der Waals surface area (Å²) in [7, 11) is 0. The fraction of sp³-hybridized carbons (Fsp3) is 0.188. The van der Waals surface area contributed by atoms with Crippen molar-refractivity contribution >= 4 is 17.5 Å². The smallest absolute Gasteiger partial charge is 0.253 e. The Labute approximate surface area is 128 Å². The van der Waals surface area contributed by atoms with Crippen LogP contribution in [0.2, 0.25) is 0 Å². The summed E-state index contributed by atoms with van der Waals surface area (Å²) in [4.78, 5) is 27.5. The highest BCUT2D eigenvalue weighted by atomic mass is 16.2. The van der Waals surface area contributed by atoms with Crippen LogP contribution in [0.15, 0.2) is 48.8 Å². The van der Waals surface area contributed by atoms with Gasteiger partial charge in [-0.2, -0.15) is 0 Å². The van der Waals surface area contributed by atoms with Crippen molar-refractivity contribution in [2.24, 2.45) is 0 Å². The zero-order valence-corrected chi connectivity index (χ0v) is 12.1. The van der Waals surface area contributed by atoms with Gasteiger partial charge in [0, 0.05) is 36.7 Å². The molecule has 4 N–H and O–H groups in total. The van der Waals surface area contributed by atoms with Crippen molar-refractivity contribution in [1.29, 1.82) is 0 Å². The largest absolute Gasteiger partial charge is 0.398 e. The number of benzene rings is 1. The summed E-state index contributed by atoms with van der Waals surface area (Å²) in [6.45, 7) is 0.940. The number of para-hydroxylation sites is 1. The Kier molecular flexibility index (Phi) is 5.48. The molecule has 1 heterocycles. The standard InChI is InChI=1S/C16H18N4O2/c17-14-5-2-1-4-13(14)16(22)20-9-3-8-19-15(21)12-6-10-18-11-7-12/h1-2,4-7,10-11H,3,8-9,17H2,(H,19,21)(H,20,22).